The van der Waals surface area contributed by atoms with Crippen LogP contribution in [0, 0.1) is 5.92 Å². The van der Waals surface area contributed by atoms with E-state index in [4.69, 9.17) is 5.73 Å². The Hall–Kier alpha value is 0.500. The molecule has 68 valence electrons. The highest BCUT2D eigenvalue weighted by Crippen LogP contribution is 2.45. The van der Waals surface area contributed by atoms with Crippen LogP contribution in [0.4, 0.5) is 0 Å². The lowest BCUT2D eigenvalue weighted by Crippen LogP contribution is -2.24. The molecule has 0 aliphatic carbocycles. The first-order valence-electron chi connectivity index (χ1n) is 3.58. The molecule has 0 fully saturated rings. The summed E-state index contributed by atoms with van der Waals surface area (Å²) in [5.74, 6) is -0.203. The van der Waals surface area contributed by atoms with E-state index in [-0.39, 0.29) is 17.8 Å². The van der Waals surface area contributed by atoms with Crippen molar-refractivity contribution >= 4 is 20.0 Å². The van der Waals surface area contributed by atoms with Crippen LogP contribution in [0.1, 0.15) is 13.8 Å². The topological polar surface area (TPSA) is 63.3 Å². The van der Waals surface area contributed by atoms with E-state index < -0.39 is 13.2 Å². The Kier molecular flexibility index (Phi) is 4.71. The molecule has 0 aromatic heterocycles. The molecule has 0 saturated carbocycles. The average Bonchev–Trinajstić information content (AvgIpc) is 1.83. The maximum atomic E-state index is 11.3. The van der Waals surface area contributed by atoms with Gasteiger partial charge in [0.15, 0.2) is 0 Å². The molecule has 5 heteroatoms. The lowest BCUT2D eigenvalue weighted by molar-refractivity contribution is 0.458. The molecule has 0 aliphatic heterocycles. The average molecular weight is 197 g/mol. The number of rotatable bonds is 4. The summed E-state index contributed by atoms with van der Waals surface area (Å²) in [6, 6.07) is 0. The van der Waals surface area contributed by atoms with Crippen LogP contribution in [0.2, 0.25) is 0 Å². The molecule has 3 nitrogen and oxygen atoms in total. The van der Waals surface area contributed by atoms with Crippen molar-refractivity contribution < 1.29 is 9.46 Å². The van der Waals surface area contributed by atoms with Crippen LogP contribution in [0.3, 0.4) is 0 Å². The highest BCUT2D eigenvalue weighted by atomic mass is 32.1. The standard InChI is InChI=1S/C6H16NO2PS/c1-5(2)3-10(8,9)6(7)4-11/h5-6,11H,3-4,7H2,1-2H3,(H,8,9). The van der Waals surface area contributed by atoms with Gasteiger partial charge in [0.2, 0.25) is 7.37 Å². The zero-order chi connectivity index (χ0) is 9.07. The zero-order valence-electron chi connectivity index (χ0n) is 6.90. The van der Waals surface area contributed by atoms with E-state index in [1.807, 2.05) is 13.8 Å². The van der Waals surface area contributed by atoms with E-state index in [9.17, 15) is 9.46 Å². The summed E-state index contributed by atoms with van der Waals surface area (Å²) in [5.41, 5.74) is 5.41. The van der Waals surface area contributed by atoms with E-state index >= 15 is 0 Å². The largest absolute Gasteiger partial charge is 0.343 e. The lowest BCUT2D eigenvalue weighted by atomic mass is 10.3. The van der Waals surface area contributed by atoms with Crippen molar-refractivity contribution in [3.8, 4) is 0 Å². The third-order valence-electron chi connectivity index (χ3n) is 1.33. The second kappa shape index (κ2) is 4.51. The quantitative estimate of drug-likeness (QED) is 0.467. The van der Waals surface area contributed by atoms with Crippen LogP contribution in [-0.2, 0) is 4.57 Å². The van der Waals surface area contributed by atoms with Crippen molar-refractivity contribution in [1.29, 1.82) is 0 Å². The minimum absolute atomic E-state index is 0.205. The second-order valence-corrected chi connectivity index (χ2v) is 5.99. The van der Waals surface area contributed by atoms with Gasteiger partial charge in [-0.15, -0.1) is 0 Å². The molecular weight excluding hydrogens is 181 g/mol. The summed E-state index contributed by atoms with van der Waals surface area (Å²) in [6.07, 6.45) is 0.286. The first-order chi connectivity index (χ1) is 4.90. The fourth-order valence-electron chi connectivity index (χ4n) is 0.786. The van der Waals surface area contributed by atoms with Gasteiger partial charge in [-0.1, -0.05) is 13.8 Å². The molecule has 2 atom stereocenters. The summed E-state index contributed by atoms with van der Waals surface area (Å²) < 4.78 is 11.3. The molecule has 11 heavy (non-hydrogen) atoms. The predicted octanol–water partition coefficient (Wildman–Crippen LogP) is 1.13. The van der Waals surface area contributed by atoms with E-state index in [2.05, 4.69) is 12.6 Å². The van der Waals surface area contributed by atoms with Gasteiger partial charge in [0.05, 0.1) is 5.78 Å². The number of thiol groups is 1. The number of hydrogen-bond donors (Lipinski definition) is 3. The van der Waals surface area contributed by atoms with Gasteiger partial charge in [0, 0.05) is 11.9 Å². The summed E-state index contributed by atoms with van der Waals surface area (Å²) in [6.45, 7) is 3.79. The number of nitrogens with two attached hydrogens (primary N) is 1. The zero-order valence-corrected chi connectivity index (χ0v) is 8.69. The van der Waals surface area contributed by atoms with Crippen LogP contribution >= 0.6 is 20.0 Å². The second-order valence-electron chi connectivity index (χ2n) is 3.08. The van der Waals surface area contributed by atoms with Crippen LogP contribution in [-0.4, -0.2) is 22.6 Å². The Labute approximate surface area is 73.2 Å². The molecule has 0 aliphatic rings. The van der Waals surface area contributed by atoms with Gasteiger partial charge in [-0.05, 0) is 5.92 Å². The Morgan fingerprint density at radius 3 is 2.36 bits per heavy atom. The summed E-state index contributed by atoms with van der Waals surface area (Å²) in [5, 5.41) is 0. The molecule has 3 N–H and O–H groups in total. The molecule has 0 saturated heterocycles. The van der Waals surface area contributed by atoms with Gasteiger partial charge in [-0.25, -0.2) is 0 Å². The smallest absolute Gasteiger partial charge is 0.217 e. The summed E-state index contributed by atoms with van der Waals surface area (Å²) >= 11 is 3.87. The fourth-order valence-corrected chi connectivity index (χ4v) is 3.12. The molecule has 2 unspecified atom stereocenters. The normalized spacial score (nSPS) is 19.8. The first kappa shape index (κ1) is 11.5. The molecule has 0 aromatic carbocycles. The Balaban J connectivity index is 4.10. The van der Waals surface area contributed by atoms with E-state index in [1.54, 1.807) is 0 Å². The lowest BCUT2D eigenvalue weighted by Gasteiger charge is -2.18. The fraction of sp³-hybridized carbons (Fsp3) is 1.00. The van der Waals surface area contributed by atoms with Crippen LogP contribution in [0.25, 0.3) is 0 Å². The molecule has 0 amide bonds. The van der Waals surface area contributed by atoms with Crippen LogP contribution in [0.5, 0.6) is 0 Å². The van der Waals surface area contributed by atoms with Crippen molar-refractivity contribution in [2.75, 3.05) is 11.9 Å². The molecule has 0 aromatic rings. The Bertz CT molecular complexity index is 163. The van der Waals surface area contributed by atoms with Gasteiger partial charge in [0.1, 0.15) is 0 Å². The van der Waals surface area contributed by atoms with Crippen molar-refractivity contribution in [1.82, 2.24) is 0 Å². The highest BCUT2D eigenvalue weighted by Gasteiger charge is 2.26. The van der Waals surface area contributed by atoms with Gasteiger partial charge < -0.3 is 10.6 Å². The molecule has 0 rings (SSSR count). The van der Waals surface area contributed by atoms with Gasteiger partial charge in [-0.2, -0.15) is 12.6 Å². The first-order valence-corrected chi connectivity index (χ1v) is 6.12. The Morgan fingerprint density at radius 2 is 2.09 bits per heavy atom. The van der Waals surface area contributed by atoms with Crippen molar-refractivity contribution in [2.45, 2.75) is 19.6 Å². The Morgan fingerprint density at radius 1 is 1.64 bits per heavy atom. The minimum atomic E-state index is -3.14. The molecule has 0 spiro atoms. The molecule has 0 heterocycles. The maximum absolute atomic E-state index is 11.3. The van der Waals surface area contributed by atoms with Crippen molar-refractivity contribution in [3.63, 3.8) is 0 Å². The minimum Gasteiger partial charge on any atom is -0.343 e. The van der Waals surface area contributed by atoms with Gasteiger partial charge in [0.25, 0.3) is 0 Å². The number of hydrogen-bond acceptors (Lipinski definition) is 3. The highest BCUT2D eigenvalue weighted by molar-refractivity contribution is 7.81. The third-order valence-corrected chi connectivity index (χ3v) is 4.49. The maximum Gasteiger partial charge on any atom is 0.217 e. The predicted molar refractivity (Wildman–Crippen MR) is 51.4 cm³/mol. The van der Waals surface area contributed by atoms with Gasteiger partial charge in [-0.3, -0.25) is 4.57 Å². The van der Waals surface area contributed by atoms with Crippen LogP contribution in [0.15, 0.2) is 0 Å². The third kappa shape index (κ3) is 4.16. The SMILES string of the molecule is CC(C)CP(=O)(O)C(N)CS. The van der Waals surface area contributed by atoms with Crippen LogP contribution < -0.4 is 5.73 Å². The van der Waals surface area contributed by atoms with E-state index in [0.717, 1.165) is 0 Å². The van der Waals surface area contributed by atoms with Gasteiger partial charge >= 0.3 is 0 Å². The summed E-state index contributed by atoms with van der Waals surface area (Å²) in [4.78, 5) is 9.34. The van der Waals surface area contributed by atoms with Crippen molar-refractivity contribution in [3.05, 3.63) is 0 Å². The molecule has 0 radical (unpaired) electrons. The monoisotopic (exact) mass is 197 g/mol. The molecule has 0 bridgehead atoms. The van der Waals surface area contributed by atoms with E-state index in [0.29, 0.717) is 0 Å². The molecular formula is C6H16NO2PS. The van der Waals surface area contributed by atoms with Crippen molar-refractivity contribution in [2.24, 2.45) is 11.7 Å². The van der Waals surface area contributed by atoms with E-state index in [1.165, 1.54) is 0 Å². The summed E-state index contributed by atoms with van der Waals surface area (Å²) in [7, 11) is -3.14.